The highest BCUT2D eigenvalue weighted by atomic mass is 16.1. The van der Waals surface area contributed by atoms with Crippen molar-refractivity contribution in [3.8, 4) is 0 Å². The summed E-state index contributed by atoms with van der Waals surface area (Å²) in [6, 6.07) is 0. The summed E-state index contributed by atoms with van der Waals surface area (Å²) in [5.74, 6) is 0.0613. The number of hydrogen-bond donors (Lipinski definition) is 1. The first-order valence-corrected chi connectivity index (χ1v) is 4.01. The number of ketones is 2. The molecule has 0 aromatic rings. The van der Waals surface area contributed by atoms with Crippen LogP contribution in [0.4, 0.5) is 0 Å². The molecule has 0 atom stereocenters. The summed E-state index contributed by atoms with van der Waals surface area (Å²) in [6.45, 7) is 5.48. The lowest BCUT2D eigenvalue weighted by molar-refractivity contribution is -0.115. The van der Waals surface area contributed by atoms with E-state index >= 15 is 0 Å². The molecule has 1 rings (SSSR count). The van der Waals surface area contributed by atoms with Gasteiger partial charge < -0.3 is 6.15 Å². The average molecular weight is 181 g/mol. The molecule has 3 heteroatoms. The SMILES string of the molecule is CC1=CC(=O)C(C(C)C)=CC1=O.N. The standard InChI is InChI=1S/C10H12O2.H3N/c1-6(2)8-5-9(11)7(3)4-10(8)12;/h4-6H,1-3H3;1H3. The second-order valence-corrected chi connectivity index (χ2v) is 3.31. The van der Waals surface area contributed by atoms with Gasteiger partial charge in [0, 0.05) is 11.1 Å². The predicted octanol–water partition coefficient (Wildman–Crippen LogP) is 1.83. The van der Waals surface area contributed by atoms with E-state index in [1.807, 2.05) is 13.8 Å². The Morgan fingerprint density at radius 1 is 1.08 bits per heavy atom. The van der Waals surface area contributed by atoms with Crippen LogP contribution in [0, 0.1) is 5.92 Å². The lowest BCUT2D eigenvalue weighted by Crippen LogP contribution is -2.15. The highest BCUT2D eigenvalue weighted by Gasteiger charge is 2.19. The third kappa shape index (κ3) is 2.36. The molecule has 0 amide bonds. The fourth-order valence-electron chi connectivity index (χ4n) is 1.13. The highest BCUT2D eigenvalue weighted by molar-refractivity contribution is 6.19. The Kier molecular flexibility index (Phi) is 3.75. The summed E-state index contributed by atoms with van der Waals surface area (Å²) < 4.78 is 0. The van der Waals surface area contributed by atoms with E-state index in [0.717, 1.165) is 0 Å². The van der Waals surface area contributed by atoms with Gasteiger partial charge in [-0.2, -0.15) is 0 Å². The summed E-state index contributed by atoms with van der Waals surface area (Å²) in [4.78, 5) is 22.5. The molecule has 0 spiro atoms. The van der Waals surface area contributed by atoms with Crippen LogP contribution in [0.1, 0.15) is 20.8 Å². The molecular weight excluding hydrogens is 166 g/mol. The molecule has 0 saturated heterocycles. The number of hydrogen-bond acceptors (Lipinski definition) is 3. The summed E-state index contributed by atoms with van der Waals surface area (Å²) in [5.41, 5.74) is 1.15. The van der Waals surface area contributed by atoms with Crippen molar-refractivity contribution in [2.75, 3.05) is 0 Å². The molecule has 0 aromatic carbocycles. The summed E-state index contributed by atoms with van der Waals surface area (Å²) >= 11 is 0. The van der Waals surface area contributed by atoms with Crippen molar-refractivity contribution in [2.45, 2.75) is 20.8 Å². The van der Waals surface area contributed by atoms with Gasteiger partial charge in [0.05, 0.1) is 0 Å². The largest absolute Gasteiger partial charge is 0.344 e. The third-order valence-corrected chi connectivity index (χ3v) is 1.93. The maximum atomic E-state index is 11.3. The van der Waals surface area contributed by atoms with E-state index in [9.17, 15) is 9.59 Å². The van der Waals surface area contributed by atoms with Crippen molar-refractivity contribution in [2.24, 2.45) is 5.92 Å². The minimum Gasteiger partial charge on any atom is -0.344 e. The van der Waals surface area contributed by atoms with Gasteiger partial charge in [-0.05, 0) is 25.0 Å². The quantitative estimate of drug-likeness (QED) is 0.627. The van der Waals surface area contributed by atoms with Crippen molar-refractivity contribution in [3.63, 3.8) is 0 Å². The van der Waals surface area contributed by atoms with Gasteiger partial charge in [-0.3, -0.25) is 9.59 Å². The summed E-state index contributed by atoms with van der Waals surface area (Å²) in [5, 5.41) is 0. The van der Waals surface area contributed by atoms with Gasteiger partial charge >= 0.3 is 0 Å². The first kappa shape index (κ1) is 11.8. The van der Waals surface area contributed by atoms with E-state index in [0.29, 0.717) is 11.1 Å². The van der Waals surface area contributed by atoms with Crippen LogP contribution in [0.25, 0.3) is 0 Å². The van der Waals surface area contributed by atoms with Crippen LogP contribution in [-0.2, 0) is 9.59 Å². The van der Waals surface area contributed by atoms with Gasteiger partial charge in [-0.25, -0.2) is 0 Å². The first-order chi connectivity index (χ1) is 5.52. The Morgan fingerprint density at radius 3 is 2.08 bits per heavy atom. The third-order valence-electron chi connectivity index (χ3n) is 1.93. The van der Waals surface area contributed by atoms with Crippen molar-refractivity contribution >= 4 is 11.6 Å². The van der Waals surface area contributed by atoms with Crippen LogP contribution in [0.3, 0.4) is 0 Å². The first-order valence-electron chi connectivity index (χ1n) is 4.01. The topological polar surface area (TPSA) is 69.1 Å². The van der Waals surface area contributed by atoms with Crippen LogP contribution in [0.5, 0.6) is 0 Å². The van der Waals surface area contributed by atoms with E-state index in [4.69, 9.17) is 0 Å². The van der Waals surface area contributed by atoms with E-state index in [1.165, 1.54) is 12.2 Å². The Labute approximate surface area is 78.1 Å². The van der Waals surface area contributed by atoms with Crippen LogP contribution < -0.4 is 6.15 Å². The van der Waals surface area contributed by atoms with Gasteiger partial charge in [-0.15, -0.1) is 0 Å². The number of allylic oxidation sites excluding steroid dienone is 4. The zero-order valence-corrected chi connectivity index (χ0v) is 8.26. The Bertz CT molecular complexity index is 298. The lowest BCUT2D eigenvalue weighted by Gasteiger charge is -2.11. The Balaban J connectivity index is 0.00000144. The molecule has 0 unspecified atom stereocenters. The molecule has 3 N–H and O–H groups in total. The summed E-state index contributed by atoms with van der Waals surface area (Å²) in [7, 11) is 0. The number of rotatable bonds is 1. The number of carbonyl (C=O) groups excluding carboxylic acids is 2. The fraction of sp³-hybridized carbons (Fsp3) is 0.400. The van der Waals surface area contributed by atoms with Crippen molar-refractivity contribution < 1.29 is 9.59 Å². The van der Waals surface area contributed by atoms with Crippen molar-refractivity contribution in [1.29, 1.82) is 0 Å². The zero-order valence-electron chi connectivity index (χ0n) is 8.26. The van der Waals surface area contributed by atoms with E-state index in [-0.39, 0.29) is 23.6 Å². The van der Waals surface area contributed by atoms with Crippen LogP contribution >= 0.6 is 0 Å². The van der Waals surface area contributed by atoms with Gasteiger partial charge in [0.1, 0.15) is 0 Å². The molecule has 0 bridgehead atoms. The second-order valence-electron chi connectivity index (χ2n) is 3.31. The molecule has 0 heterocycles. The normalized spacial score (nSPS) is 16.6. The molecule has 0 saturated carbocycles. The molecule has 0 aromatic heterocycles. The molecular formula is C10H15NO2. The molecule has 13 heavy (non-hydrogen) atoms. The number of carbonyl (C=O) groups is 2. The highest BCUT2D eigenvalue weighted by Crippen LogP contribution is 2.17. The minimum absolute atomic E-state index is 0. The molecule has 0 radical (unpaired) electrons. The van der Waals surface area contributed by atoms with Gasteiger partial charge in [0.15, 0.2) is 11.6 Å². The van der Waals surface area contributed by atoms with Gasteiger partial charge in [-0.1, -0.05) is 13.8 Å². The van der Waals surface area contributed by atoms with E-state index in [2.05, 4.69) is 0 Å². The van der Waals surface area contributed by atoms with Gasteiger partial charge in [0.2, 0.25) is 0 Å². The van der Waals surface area contributed by atoms with Crippen molar-refractivity contribution in [3.05, 3.63) is 23.3 Å². The average Bonchev–Trinajstić information content (AvgIpc) is 1.96. The van der Waals surface area contributed by atoms with E-state index < -0.39 is 0 Å². The molecule has 0 aliphatic heterocycles. The second kappa shape index (κ2) is 4.14. The predicted molar refractivity (Wildman–Crippen MR) is 51.7 cm³/mol. The Hall–Kier alpha value is -1.22. The zero-order chi connectivity index (χ0) is 9.30. The Morgan fingerprint density at radius 2 is 1.62 bits per heavy atom. The monoisotopic (exact) mass is 181 g/mol. The fourth-order valence-corrected chi connectivity index (χ4v) is 1.13. The maximum absolute atomic E-state index is 11.3. The van der Waals surface area contributed by atoms with E-state index in [1.54, 1.807) is 6.92 Å². The molecule has 1 aliphatic carbocycles. The van der Waals surface area contributed by atoms with Crippen LogP contribution in [0.15, 0.2) is 23.3 Å². The molecule has 3 nitrogen and oxygen atoms in total. The molecule has 1 aliphatic rings. The van der Waals surface area contributed by atoms with Crippen LogP contribution in [0.2, 0.25) is 0 Å². The molecule has 0 fully saturated rings. The van der Waals surface area contributed by atoms with Crippen molar-refractivity contribution in [1.82, 2.24) is 6.15 Å². The molecule has 72 valence electrons. The summed E-state index contributed by atoms with van der Waals surface area (Å²) in [6.07, 6.45) is 2.86. The smallest absolute Gasteiger partial charge is 0.182 e. The van der Waals surface area contributed by atoms with Crippen LogP contribution in [-0.4, -0.2) is 11.6 Å². The van der Waals surface area contributed by atoms with Gasteiger partial charge in [0.25, 0.3) is 0 Å². The minimum atomic E-state index is -0.0432. The lowest BCUT2D eigenvalue weighted by atomic mass is 9.91. The maximum Gasteiger partial charge on any atom is 0.182 e.